The predicted molar refractivity (Wildman–Crippen MR) is 132 cm³/mol. The Hall–Kier alpha value is -3.01. The topological polar surface area (TPSA) is 62.2 Å². The lowest BCUT2D eigenvalue weighted by Crippen LogP contribution is -2.31. The number of fused-ring (bicyclic) bond motifs is 2. The Kier molecular flexibility index (Phi) is 6.26. The fraction of sp³-hybridized carbons (Fsp3) is 0.250. The smallest absolute Gasteiger partial charge is 0.266 e. The Morgan fingerprint density at radius 2 is 1.97 bits per heavy atom. The average Bonchev–Trinajstić information content (AvgIpc) is 3.50. The highest BCUT2D eigenvalue weighted by molar-refractivity contribution is 8.26. The summed E-state index contributed by atoms with van der Waals surface area (Å²) in [7, 11) is 1.61. The minimum Gasteiger partial charge on any atom is -0.492 e. The van der Waals surface area contributed by atoms with E-state index in [4.69, 9.17) is 31.2 Å². The first kappa shape index (κ1) is 21.8. The zero-order valence-electron chi connectivity index (χ0n) is 18.0. The predicted octanol–water partition coefficient (Wildman–Crippen LogP) is 4.30. The van der Waals surface area contributed by atoms with Crippen LogP contribution in [-0.2, 0) is 16.1 Å². The van der Waals surface area contributed by atoms with Crippen LogP contribution >= 0.6 is 24.0 Å². The van der Waals surface area contributed by atoms with Crippen LogP contribution in [0.15, 0.2) is 53.6 Å². The molecule has 3 heterocycles. The van der Waals surface area contributed by atoms with Gasteiger partial charge in [0.2, 0.25) is 6.79 Å². The molecule has 1 amide bonds. The number of nitrogens with zero attached hydrogens (tertiary/aromatic N) is 2. The van der Waals surface area contributed by atoms with Crippen molar-refractivity contribution >= 4 is 51.2 Å². The van der Waals surface area contributed by atoms with Crippen LogP contribution in [0.2, 0.25) is 0 Å². The highest BCUT2D eigenvalue weighted by Gasteiger charge is 2.31. The number of benzene rings is 2. The summed E-state index contributed by atoms with van der Waals surface area (Å²) in [4.78, 5) is 15.0. The number of hydrogen-bond acceptors (Lipinski definition) is 7. The Labute approximate surface area is 200 Å². The molecule has 170 valence electrons. The van der Waals surface area contributed by atoms with Gasteiger partial charge in [0.05, 0.1) is 24.6 Å². The van der Waals surface area contributed by atoms with Crippen LogP contribution in [-0.4, -0.2) is 53.4 Å². The van der Waals surface area contributed by atoms with Crippen molar-refractivity contribution in [1.82, 2.24) is 9.47 Å². The van der Waals surface area contributed by atoms with E-state index < -0.39 is 0 Å². The SMILES string of the molecule is COCCN1C(=O)/C(=C/c2cn(CCOc3ccc4c(c3)OCO4)c3ccccc23)SC1=S. The molecule has 1 aromatic heterocycles. The van der Waals surface area contributed by atoms with Crippen LogP contribution in [0, 0.1) is 0 Å². The molecular formula is C24H22N2O5S2. The van der Waals surface area contributed by atoms with Crippen LogP contribution in [0.1, 0.15) is 5.56 Å². The molecule has 33 heavy (non-hydrogen) atoms. The molecule has 7 nitrogen and oxygen atoms in total. The Balaban J connectivity index is 1.33. The van der Waals surface area contributed by atoms with Gasteiger partial charge in [-0.15, -0.1) is 0 Å². The number of thioether (sulfide) groups is 1. The number of amides is 1. The monoisotopic (exact) mass is 482 g/mol. The standard InChI is InChI=1S/C24H22N2O5S2/c1-28-10-9-26-23(27)22(33-24(26)32)12-16-14-25(19-5-3-2-4-18(16)19)8-11-29-17-6-7-20-21(13-17)31-15-30-20/h2-7,12-14H,8-11,15H2,1H3/b22-12-. The molecule has 0 radical (unpaired) electrons. The molecule has 2 aromatic carbocycles. The van der Waals surface area contributed by atoms with E-state index in [0.717, 1.165) is 28.0 Å². The minimum absolute atomic E-state index is 0.0787. The fourth-order valence-electron chi connectivity index (χ4n) is 3.82. The highest BCUT2D eigenvalue weighted by atomic mass is 32.2. The number of ether oxygens (including phenoxy) is 4. The van der Waals surface area contributed by atoms with Crippen molar-refractivity contribution in [1.29, 1.82) is 0 Å². The van der Waals surface area contributed by atoms with Crippen LogP contribution in [0.25, 0.3) is 17.0 Å². The van der Waals surface area contributed by atoms with E-state index in [-0.39, 0.29) is 12.7 Å². The molecule has 0 spiro atoms. The number of carbonyl (C=O) groups is 1. The molecule has 0 aliphatic carbocycles. The lowest BCUT2D eigenvalue weighted by atomic mass is 10.1. The largest absolute Gasteiger partial charge is 0.492 e. The van der Waals surface area contributed by atoms with Gasteiger partial charge in [-0.1, -0.05) is 42.2 Å². The number of methoxy groups -OCH3 is 1. The highest BCUT2D eigenvalue weighted by Crippen LogP contribution is 2.36. The molecular weight excluding hydrogens is 460 g/mol. The maximum Gasteiger partial charge on any atom is 0.266 e. The van der Waals surface area contributed by atoms with E-state index in [1.54, 1.807) is 12.0 Å². The van der Waals surface area contributed by atoms with Crippen molar-refractivity contribution in [3.8, 4) is 17.2 Å². The van der Waals surface area contributed by atoms with E-state index in [0.29, 0.717) is 41.3 Å². The molecule has 0 saturated carbocycles. The number of para-hydroxylation sites is 1. The summed E-state index contributed by atoms with van der Waals surface area (Å²) >= 11 is 6.72. The van der Waals surface area contributed by atoms with Crippen molar-refractivity contribution in [2.24, 2.45) is 0 Å². The average molecular weight is 483 g/mol. The third-order valence-corrected chi connectivity index (χ3v) is 6.82. The van der Waals surface area contributed by atoms with E-state index in [1.165, 1.54) is 11.8 Å². The summed E-state index contributed by atoms with van der Waals surface area (Å²) in [6.45, 7) is 2.27. The van der Waals surface area contributed by atoms with Gasteiger partial charge in [0, 0.05) is 35.8 Å². The molecule has 2 aliphatic rings. The van der Waals surface area contributed by atoms with Gasteiger partial charge in [0.1, 0.15) is 16.7 Å². The molecule has 0 N–H and O–H groups in total. The molecule has 2 aliphatic heterocycles. The van der Waals surface area contributed by atoms with E-state index in [9.17, 15) is 4.79 Å². The summed E-state index contributed by atoms with van der Waals surface area (Å²) in [6.07, 6.45) is 3.97. The van der Waals surface area contributed by atoms with Crippen molar-refractivity contribution in [2.75, 3.05) is 33.7 Å². The number of rotatable bonds is 8. The number of aromatic nitrogens is 1. The molecule has 0 atom stereocenters. The lowest BCUT2D eigenvalue weighted by Gasteiger charge is -2.12. The number of thiocarbonyl (C=S) groups is 1. The summed E-state index contributed by atoms with van der Waals surface area (Å²) in [5, 5.41) is 1.07. The quantitative estimate of drug-likeness (QED) is 0.350. The van der Waals surface area contributed by atoms with E-state index >= 15 is 0 Å². The van der Waals surface area contributed by atoms with E-state index in [1.807, 2.05) is 36.4 Å². The minimum atomic E-state index is -0.0787. The molecule has 1 saturated heterocycles. The summed E-state index contributed by atoms with van der Waals surface area (Å²) in [5.41, 5.74) is 2.05. The van der Waals surface area contributed by atoms with Crippen molar-refractivity contribution in [3.63, 3.8) is 0 Å². The maximum atomic E-state index is 12.8. The fourth-order valence-corrected chi connectivity index (χ4v) is 5.12. The van der Waals surface area contributed by atoms with Crippen LogP contribution in [0.4, 0.5) is 0 Å². The van der Waals surface area contributed by atoms with Crippen molar-refractivity contribution in [2.45, 2.75) is 6.54 Å². The molecule has 3 aromatic rings. The second-order valence-corrected chi connectivity index (χ2v) is 9.16. The summed E-state index contributed by atoms with van der Waals surface area (Å²) in [5.74, 6) is 2.08. The third-order valence-electron chi connectivity index (χ3n) is 5.44. The molecule has 9 heteroatoms. The van der Waals surface area contributed by atoms with Crippen LogP contribution < -0.4 is 14.2 Å². The van der Waals surface area contributed by atoms with Gasteiger partial charge in [-0.05, 0) is 24.3 Å². The number of hydrogen-bond donors (Lipinski definition) is 0. The molecule has 5 rings (SSSR count). The van der Waals surface area contributed by atoms with E-state index in [2.05, 4.69) is 22.9 Å². The molecule has 0 unspecified atom stereocenters. The molecule has 0 bridgehead atoms. The normalized spacial score (nSPS) is 16.4. The van der Waals surface area contributed by atoms with Crippen LogP contribution in [0.5, 0.6) is 17.2 Å². The van der Waals surface area contributed by atoms with Gasteiger partial charge in [-0.3, -0.25) is 9.69 Å². The van der Waals surface area contributed by atoms with Gasteiger partial charge in [-0.2, -0.15) is 0 Å². The molecule has 1 fully saturated rings. The first-order chi connectivity index (χ1) is 16.1. The van der Waals surface area contributed by atoms with Gasteiger partial charge in [-0.25, -0.2) is 0 Å². The Bertz CT molecular complexity index is 1250. The first-order valence-corrected chi connectivity index (χ1v) is 11.7. The summed E-state index contributed by atoms with van der Waals surface area (Å²) in [6, 6.07) is 13.7. The van der Waals surface area contributed by atoms with Crippen molar-refractivity contribution in [3.05, 3.63) is 59.1 Å². The second kappa shape index (κ2) is 9.46. The third kappa shape index (κ3) is 4.44. The van der Waals surface area contributed by atoms with Gasteiger partial charge in [0.15, 0.2) is 11.5 Å². The first-order valence-electron chi connectivity index (χ1n) is 10.5. The zero-order chi connectivity index (χ0) is 22.8. The Morgan fingerprint density at radius 3 is 2.85 bits per heavy atom. The maximum absolute atomic E-state index is 12.8. The Morgan fingerprint density at radius 1 is 1.12 bits per heavy atom. The van der Waals surface area contributed by atoms with Gasteiger partial charge < -0.3 is 23.5 Å². The van der Waals surface area contributed by atoms with Crippen LogP contribution in [0.3, 0.4) is 0 Å². The van der Waals surface area contributed by atoms with Gasteiger partial charge >= 0.3 is 0 Å². The second-order valence-electron chi connectivity index (χ2n) is 7.48. The zero-order valence-corrected chi connectivity index (χ0v) is 19.6. The van der Waals surface area contributed by atoms with Crippen molar-refractivity contribution < 1.29 is 23.7 Å². The summed E-state index contributed by atoms with van der Waals surface area (Å²) < 4.78 is 24.5. The van der Waals surface area contributed by atoms with Gasteiger partial charge in [0.25, 0.3) is 5.91 Å². The number of carbonyl (C=O) groups excluding carboxylic acids is 1. The lowest BCUT2D eigenvalue weighted by molar-refractivity contribution is -0.122.